The van der Waals surface area contributed by atoms with Gasteiger partial charge in [0.25, 0.3) is 5.91 Å². The number of halogens is 1. The number of amides is 1. The van der Waals surface area contributed by atoms with Crippen molar-refractivity contribution in [3.05, 3.63) is 52.7 Å². The van der Waals surface area contributed by atoms with Crippen LogP contribution in [-0.2, 0) is 16.6 Å². The van der Waals surface area contributed by atoms with Crippen molar-refractivity contribution in [3.8, 4) is 0 Å². The summed E-state index contributed by atoms with van der Waals surface area (Å²) in [6.07, 6.45) is 4.12. The minimum Gasteiger partial charge on any atom is -0.357 e. The zero-order chi connectivity index (χ0) is 19.4. The maximum atomic E-state index is 12.4. The molecular weight excluding hydrogens is 388 g/mol. The summed E-state index contributed by atoms with van der Waals surface area (Å²) in [5, 5.41) is 2.83. The number of benzene rings is 1. The van der Waals surface area contributed by atoms with E-state index in [-0.39, 0.29) is 21.4 Å². The van der Waals surface area contributed by atoms with E-state index in [1.165, 1.54) is 38.1 Å². The van der Waals surface area contributed by atoms with Gasteiger partial charge in [0.15, 0.2) is 0 Å². The van der Waals surface area contributed by atoms with E-state index in [0.29, 0.717) is 6.54 Å². The first kappa shape index (κ1) is 19.6. The number of aromatic nitrogens is 1. The molecule has 1 saturated heterocycles. The van der Waals surface area contributed by atoms with Crippen molar-refractivity contribution in [1.29, 1.82) is 0 Å². The first-order valence-corrected chi connectivity index (χ1v) is 10.5. The summed E-state index contributed by atoms with van der Waals surface area (Å²) in [6, 6.07) is 8.03. The molecule has 0 spiro atoms. The van der Waals surface area contributed by atoms with Gasteiger partial charge in [0.05, 0.1) is 5.02 Å². The summed E-state index contributed by atoms with van der Waals surface area (Å²) >= 11 is 5.94. The summed E-state index contributed by atoms with van der Waals surface area (Å²) in [6.45, 7) is 2.35. The molecule has 1 aromatic heterocycles. The van der Waals surface area contributed by atoms with Gasteiger partial charge in [-0.3, -0.25) is 4.79 Å². The largest absolute Gasteiger partial charge is 0.357 e. The molecule has 1 fully saturated rings. The number of hydrogen-bond acceptors (Lipinski definition) is 5. The third-order valence-electron chi connectivity index (χ3n) is 4.44. The minimum absolute atomic E-state index is 0.0580. The number of rotatable bonds is 6. The minimum atomic E-state index is -3.74. The second-order valence-corrected chi connectivity index (χ2v) is 8.52. The molecule has 2 aromatic rings. The van der Waals surface area contributed by atoms with E-state index in [1.807, 2.05) is 12.1 Å². The Bertz CT molecular complexity index is 926. The molecule has 1 amide bonds. The van der Waals surface area contributed by atoms with E-state index >= 15 is 0 Å². The first-order valence-electron chi connectivity index (χ1n) is 8.62. The van der Waals surface area contributed by atoms with Crippen molar-refractivity contribution in [2.45, 2.75) is 24.3 Å². The Kier molecular flexibility index (Phi) is 5.98. The molecule has 0 atom stereocenters. The molecule has 9 heteroatoms. The Morgan fingerprint density at radius 1 is 1.22 bits per heavy atom. The Balaban J connectivity index is 1.66. The van der Waals surface area contributed by atoms with Crippen LogP contribution in [0.3, 0.4) is 0 Å². The smallest absolute Gasteiger partial charge is 0.251 e. The predicted molar refractivity (Wildman–Crippen MR) is 105 cm³/mol. The van der Waals surface area contributed by atoms with Crippen LogP contribution >= 0.6 is 11.6 Å². The lowest BCUT2D eigenvalue weighted by atomic mass is 10.2. The van der Waals surface area contributed by atoms with Gasteiger partial charge in [0, 0.05) is 31.4 Å². The number of carbonyl (C=O) groups is 1. The Morgan fingerprint density at radius 2 is 1.96 bits per heavy atom. The topological polar surface area (TPSA) is 91.4 Å². The summed E-state index contributed by atoms with van der Waals surface area (Å²) in [5.41, 5.74) is 1.08. The molecule has 7 nitrogen and oxygen atoms in total. The van der Waals surface area contributed by atoms with Gasteiger partial charge in [0.1, 0.15) is 10.7 Å². The van der Waals surface area contributed by atoms with Crippen LogP contribution in [0.4, 0.5) is 5.82 Å². The standard InChI is InChI=1S/C18H21ClN4O3S/c1-20-27(25,26)16-10-14(5-6-15(16)19)18(24)22-12-13-4-7-17(21-11-13)23-8-2-3-9-23/h4-7,10-11,20H,2-3,8-9,12H2,1H3,(H,22,24). The number of pyridine rings is 1. The van der Waals surface area contributed by atoms with Gasteiger partial charge < -0.3 is 10.2 Å². The fraction of sp³-hybridized carbons (Fsp3) is 0.333. The van der Waals surface area contributed by atoms with Crippen LogP contribution in [0.1, 0.15) is 28.8 Å². The van der Waals surface area contributed by atoms with Gasteiger partial charge in [0.2, 0.25) is 10.0 Å². The van der Waals surface area contributed by atoms with Crippen LogP contribution in [0.5, 0.6) is 0 Å². The van der Waals surface area contributed by atoms with Crippen LogP contribution in [0, 0.1) is 0 Å². The molecule has 3 rings (SSSR count). The number of nitrogens with one attached hydrogen (secondary N) is 2. The Morgan fingerprint density at radius 3 is 2.59 bits per heavy atom. The van der Waals surface area contributed by atoms with Crippen LogP contribution in [0.25, 0.3) is 0 Å². The number of nitrogens with zero attached hydrogens (tertiary/aromatic N) is 2. The molecule has 0 saturated carbocycles. The maximum absolute atomic E-state index is 12.4. The number of anilines is 1. The van der Waals surface area contributed by atoms with E-state index < -0.39 is 10.0 Å². The van der Waals surface area contributed by atoms with Gasteiger partial charge in [-0.05, 0) is 49.7 Å². The van der Waals surface area contributed by atoms with Crippen LogP contribution < -0.4 is 14.9 Å². The molecule has 0 aliphatic carbocycles. The lowest BCUT2D eigenvalue weighted by Gasteiger charge is -2.16. The van der Waals surface area contributed by atoms with Crippen molar-refractivity contribution in [2.24, 2.45) is 0 Å². The van der Waals surface area contributed by atoms with Crippen molar-refractivity contribution in [2.75, 3.05) is 25.0 Å². The van der Waals surface area contributed by atoms with Crippen molar-refractivity contribution >= 4 is 33.3 Å². The lowest BCUT2D eigenvalue weighted by Crippen LogP contribution is -2.24. The monoisotopic (exact) mass is 408 g/mol. The predicted octanol–water partition coefficient (Wildman–Crippen LogP) is 2.17. The van der Waals surface area contributed by atoms with Crippen molar-refractivity contribution in [1.82, 2.24) is 15.0 Å². The van der Waals surface area contributed by atoms with Gasteiger partial charge in [-0.25, -0.2) is 18.1 Å². The molecule has 0 radical (unpaired) electrons. The third kappa shape index (κ3) is 4.58. The first-order chi connectivity index (χ1) is 12.9. The molecule has 27 heavy (non-hydrogen) atoms. The quantitative estimate of drug-likeness (QED) is 0.764. The molecule has 144 valence electrons. The van der Waals surface area contributed by atoms with E-state index in [9.17, 15) is 13.2 Å². The summed E-state index contributed by atoms with van der Waals surface area (Å²) in [4.78, 5) is 18.9. The van der Waals surface area contributed by atoms with Crippen LogP contribution in [0.15, 0.2) is 41.4 Å². The molecule has 2 N–H and O–H groups in total. The molecule has 2 heterocycles. The number of sulfonamides is 1. The molecule has 0 bridgehead atoms. The zero-order valence-electron chi connectivity index (χ0n) is 14.9. The van der Waals surface area contributed by atoms with Gasteiger partial charge in [-0.1, -0.05) is 17.7 Å². The third-order valence-corrected chi connectivity index (χ3v) is 6.34. The highest BCUT2D eigenvalue weighted by Gasteiger charge is 2.18. The average Bonchev–Trinajstić information content (AvgIpc) is 3.21. The van der Waals surface area contributed by atoms with Crippen molar-refractivity contribution in [3.63, 3.8) is 0 Å². The highest BCUT2D eigenvalue weighted by atomic mass is 35.5. The van der Waals surface area contributed by atoms with Gasteiger partial charge in [-0.2, -0.15) is 0 Å². The number of hydrogen-bond donors (Lipinski definition) is 2. The lowest BCUT2D eigenvalue weighted by molar-refractivity contribution is 0.0950. The Labute approximate surface area is 163 Å². The highest BCUT2D eigenvalue weighted by Crippen LogP contribution is 2.22. The Hall–Kier alpha value is -2.16. The average molecular weight is 409 g/mol. The molecule has 0 unspecified atom stereocenters. The van der Waals surface area contributed by atoms with E-state index in [4.69, 9.17) is 11.6 Å². The maximum Gasteiger partial charge on any atom is 0.251 e. The molecular formula is C18H21ClN4O3S. The SMILES string of the molecule is CNS(=O)(=O)c1cc(C(=O)NCc2ccc(N3CCCC3)nc2)ccc1Cl. The number of carbonyl (C=O) groups excluding carboxylic acids is 1. The van der Waals surface area contributed by atoms with Crippen LogP contribution in [0.2, 0.25) is 5.02 Å². The van der Waals surface area contributed by atoms with E-state index in [2.05, 4.69) is 19.9 Å². The fourth-order valence-electron chi connectivity index (χ4n) is 2.90. The fourth-order valence-corrected chi connectivity index (χ4v) is 4.15. The normalized spacial score (nSPS) is 14.4. The van der Waals surface area contributed by atoms with Gasteiger partial charge >= 0.3 is 0 Å². The summed E-state index contributed by atoms with van der Waals surface area (Å²) < 4.78 is 26.1. The van der Waals surface area contributed by atoms with Crippen LogP contribution in [-0.4, -0.2) is 39.4 Å². The van der Waals surface area contributed by atoms with E-state index in [1.54, 1.807) is 6.20 Å². The highest BCUT2D eigenvalue weighted by molar-refractivity contribution is 7.89. The van der Waals surface area contributed by atoms with E-state index in [0.717, 1.165) is 24.5 Å². The summed E-state index contributed by atoms with van der Waals surface area (Å²) in [7, 11) is -2.45. The second-order valence-electron chi connectivity index (χ2n) is 6.25. The molecule has 1 aromatic carbocycles. The zero-order valence-corrected chi connectivity index (χ0v) is 16.5. The molecule has 1 aliphatic heterocycles. The second kappa shape index (κ2) is 8.24. The van der Waals surface area contributed by atoms with Crippen molar-refractivity contribution < 1.29 is 13.2 Å². The summed E-state index contributed by atoms with van der Waals surface area (Å²) in [5.74, 6) is 0.560. The molecule has 1 aliphatic rings. The van der Waals surface area contributed by atoms with Gasteiger partial charge in [-0.15, -0.1) is 0 Å².